The molecule has 0 unspecified atom stereocenters. The van der Waals surface area contributed by atoms with E-state index in [-0.39, 0.29) is 0 Å². The molecule has 16 heteroatoms. The fourth-order valence-corrected chi connectivity index (χ4v) is 15.8. The number of nitrogens with zero attached hydrogens (tertiary/aromatic N) is 16. The number of aromatic nitrogens is 4. The summed E-state index contributed by atoms with van der Waals surface area (Å²) in [5, 5.41) is 8.67. The van der Waals surface area contributed by atoms with Crippen molar-refractivity contribution in [2.24, 2.45) is 39.9 Å². The van der Waals surface area contributed by atoms with Gasteiger partial charge in [0.1, 0.15) is 0 Å². The van der Waals surface area contributed by atoms with Gasteiger partial charge >= 0.3 is 11.8 Å². The van der Waals surface area contributed by atoms with Crippen LogP contribution in [0.3, 0.4) is 0 Å². The minimum absolute atomic E-state index is 0.898. The summed E-state index contributed by atoms with van der Waals surface area (Å²) in [6, 6.07) is 68.0. The van der Waals surface area contributed by atoms with E-state index in [0.29, 0.717) is 0 Å². The summed E-state index contributed by atoms with van der Waals surface area (Å²) in [6.07, 6.45) is 3.75. The molecule has 8 aromatic carbocycles. The summed E-state index contributed by atoms with van der Waals surface area (Å²) in [7, 11) is 0. The Labute approximate surface area is 520 Å². The van der Waals surface area contributed by atoms with Gasteiger partial charge in [0.2, 0.25) is 45.2 Å². The van der Waals surface area contributed by atoms with Crippen molar-refractivity contribution < 1.29 is 18.3 Å². The molecule has 12 aliphatic heterocycles. The number of hydrogen-bond donors (Lipinski definition) is 0. The zero-order valence-corrected chi connectivity index (χ0v) is 50.8. The lowest BCUT2D eigenvalue weighted by Gasteiger charge is -2.40. The monoisotopic (exact) mass is 1180 g/mol. The molecule has 2 spiro atoms. The van der Waals surface area contributed by atoms with Crippen LogP contribution in [0, 0.1) is 0 Å². The van der Waals surface area contributed by atoms with Crippen LogP contribution >= 0.6 is 0 Å². The van der Waals surface area contributed by atoms with Gasteiger partial charge in [-0.1, -0.05) is 198 Å². The van der Waals surface area contributed by atoms with Crippen LogP contribution in [-0.2, 0) is 11.8 Å². The van der Waals surface area contributed by atoms with Crippen molar-refractivity contribution in [3.05, 3.63) is 261 Å². The average Bonchev–Trinajstić information content (AvgIpc) is 1.49. The van der Waals surface area contributed by atoms with Crippen LogP contribution in [0.2, 0.25) is 0 Å². The molecule has 4 aromatic heterocycles. The van der Waals surface area contributed by atoms with E-state index >= 15 is 0 Å². The van der Waals surface area contributed by atoms with E-state index in [9.17, 15) is 0 Å². The smallest absolute Gasteiger partial charge is 0.192 e. The molecule has 432 valence electrons. The lowest BCUT2D eigenvalue weighted by Crippen LogP contribution is -2.71. The normalized spacial score (nSPS) is 17.2. The van der Waals surface area contributed by atoms with E-state index in [1.165, 1.54) is 19.3 Å². The SMILES string of the molecule is CCC.CCC.CCC.c1ccc2c(c1)C1=Nc3c4ccccc4c4n3C35n6c(c7ccccc7c6=NC6=[N+]3C(=N4)c3ccccc36)=NC2=[N+]15.c1ccc2c(c1)C1=Nc3c4ccccc4c4n3C35n6c(c7ccccc7c6=NC6=[N+]3C(=N4)c3ccccc36)=NC2=[N+]15. The van der Waals surface area contributed by atoms with E-state index < -0.39 is 11.8 Å². The summed E-state index contributed by atoms with van der Waals surface area (Å²) in [4.78, 5) is 43.3. The van der Waals surface area contributed by atoms with Crippen LogP contribution in [0.25, 0.3) is 43.1 Å². The summed E-state index contributed by atoms with van der Waals surface area (Å²) in [6.45, 7) is 12.8. The highest BCUT2D eigenvalue weighted by molar-refractivity contribution is 6.22. The predicted molar refractivity (Wildman–Crippen MR) is 355 cm³/mol. The van der Waals surface area contributed by atoms with Crippen molar-refractivity contribution >= 4 is 113 Å². The molecule has 0 fully saturated rings. The summed E-state index contributed by atoms with van der Waals surface area (Å²) in [5.74, 6) is 8.93. The van der Waals surface area contributed by atoms with Gasteiger partial charge in [-0.15, -0.1) is 18.3 Å². The third kappa shape index (κ3) is 5.67. The van der Waals surface area contributed by atoms with Crippen LogP contribution in [0.15, 0.2) is 234 Å². The van der Waals surface area contributed by atoms with Crippen LogP contribution in [0.1, 0.15) is 105 Å². The number of benzene rings is 8. The van der Waals surface area contributed by atoms with Gasteiger partial charge in [0.15, 0.2) is 0 Å². The van der Waals surface area contributed by atoms with Gasteiger partial charge in [-0.3, -0.25) is 0 Å². The van der Waals surface area contributed by atoms with Gasteiger partial charge < -0.3 is 0 Å². The molecule has 0 atom stereocenters. The molecule has 0 N–H and O–H groups in total. The fourth-order valence-electron chi connectivity index (χ4n) is 15.8. The van der Waals surface area contributed by atoms with Crippen LogP contribution < -0.4 is 22.0 Å². The lowest BCUT2D eigenvalue weighted by molar-refractivity contribution is -0.791. The lowest BCUT2D eigenvalue weighted by atomic mass is 10.1. The van der Waals surface area contributed by atoms with E-state index in [4.69, 9.17) is 39.9 Å². The van der Waals surface area contributed by atoms with E-state index in [1.54, 1.807) is 0 Å². The highest BCUT2D eigenvalue weighted by Gasteiger charge is 2.71. The van der Waals surface area contributed by atoms with Crippen molar-refractivity contribution in [2.75, 3.05) is 0 Å². The van der Waals surface area contributed by atoms with Crippen molar-refractivity contribution in [2.45, 2.75) is 72.6 Å². The highest BCUT2D eigenvalue weighted by atomic mass is 15.7. The van der Waals surface area contributed by atoms with Crippen LogP contribution in [0.5, 0.6) is 0 Å². The zero-order valence-electron chi connectivity index (χ0n) is 50.8. The number of fused-ring (bicyclic) bond motifs is 24. The maximum Gasteiger partial charge on any atom is 0.404 e. The maximum absolute atomic E-state index is 5.42. The first-order valence-corrected chi connectivity index (χ1v) is 31.8. The summed E-state index contributed by atoms with van der Waals surface area (Å²) >= 11 is 0. The Kier molecular flexibility index (Phi) is 9.78. The molecule has 0 amide bonds. The third-order valence-corrected chi connectivity index (χ3v) is 18.8. The standard InChI is InChI=1S/2C33H16N8.3C3H8/c2*1-2-10-18-17(9-1)25-34-27-19-11-3-4-12-20(19)29-36-31-23-15-7-8-16-24(23)32-37-30-22-14-6-5-13-21(22)28-35-26(18)38(25)33(39(27)29,40(28)30)41(31)32;3*1-3-2/h2*1-16H;3*3H2,1-2H3/q2*+2;;;. The Morgan fingerprint density at radius 3 is 0.648 bits per heavy atom. The second-order valence-electron chi connectivity index (χ2n) is 24.4. The second kappa shape index (κ2) is 17.6. The zero-order chi connectivity index (χ0) is 60.5. The first-order valence-electron chi connectivity index (χ1n) is 31.8. The van der Waals surface area contributed by atoms with Gasteiger partial charge in [0.25, 0.3) is 46.7 Å². The topological polar surface area (TPSA) is 131 Å². The van der Waals surface area contributed by atoms with Gasteiger partial charge in [0, 0.05) is 43.1 Å². The Balaban J connectivity index is 0.000000113. The quantitative estimate of drug-likeness (QED) is 0.134. The van der Waals surface area contributed by atoms with Gasteiger partial charge in [-0.2, -0.15) is 18.3 Å². The number of amidine groups is 8. The fraction of sp³-hybridized carbons (Fsp3) is 0.147. The second-order valence-corrected chi connectivity index (χ2v) is 24.4. The number of aliphatic imine (C=N–C) groups is 4. The molecule has 24 rings (SSSR count). The van der Waals surface area contributed by atoms with Crippen molar-refractivity contribution in [1.82, 2.24) is 18.3 Å². The third-order valence-electron chi connectivity index (χ3n) is 18.8. The summed E-state index contributed by atoms with van der Waals surface area (Å²) < 4.78 is 18.6. The van der Waals surface area contributed by atoms with Crippen molar-refractivity contribution in [3.63, 3.8) is 0 Å². The van der Waals surface area contributed by atoms with Crippen LogP contribution in [0.4, 0.5) is 23.3 Å². The van der Waals surface area contributed by atoms with E-state index in [2.05, 4.69) is 272 Å². The molecular weight excluding hydrogens is 1120 g/mol. The first-order chi connectivity index (χ1) is 44.9. The molecule has 16 nitrogen and oxygen atoms in total. The minimum atomic E-state index is -0.923. The molecule has 12 aromatic rings. The minimum Gasteiger partial charge on any atom is -0.192 e. The molecule has 12 aliphatic rings. The largest absolute Gasteiger partial charge is 0.404 e. The van der Waals surface area contributed by atoms with E-state index in [1.807, 2.05) is 0 Å². The van der Waals surface area contributed by atoms with E-state index in [0.717, 1.165) is 180 Å². The van der Waals surface area contributed by atoms with Gasteiger partial charge in [-0.25, -0.2) is 0 Å². The molecule has 0 bridgehead atoms. The molecule has 0 aliphatic carbocycles. The molecule has 16 heterocycles. The first kappa shape index (κ1) is 50.5. The van der Waals surface area contributed by atoms with Gasteiger partial charge in [0.05, 0.1) is 44.5 Å². The predicted octanol–water partition coefficient (Wildman–Crippen LogP) is 11.7. The molecule has 91 heavy (non-hydrogen) atoms. The summed E-state index contributed by atoms with van der Waals surface area (Å²) in [5.41, 5.74) is 12.3. The van der Waals surface area contributed by atoms with Gasteiger partial charge in [-0.05, 0) is 97.1 Å². The Morgan fingerprint density at radius 1 is 0.242 bits per heavy atom. The maximum atomic E-state index is 5.42. The Hall–Kier alpha value is -11.5. The molecule has 0 saturated heterocycles. The Bertz CT molecular complexity index is 5360. The Morgan fingerprint density at radius 2 is 0.429 bits per heavy atom. The highest BCUT2D eigenvalue weighted by Crippen LogP contribution is 2.55. The van der Waals surface area contributed by atoms with Crippen molar-refractivity contribution in [1.29, 1.82) is 0 Å². The molecule has 0 radical (unpaired) electrons. The van der Waals surface area contributed by atoms with Crippen LogP contribution in [-0.4, -0.2) is 83.3 Å². The van der Waals surface area contributed by atoms with Crippen molar-refractivity contribution in [3.8, 4) is 0 Å². The molecular formula is C75H56N16+4. The number of rotatable bonds is 0. The molecule has 0 saturated carbocycles. The number of hydrogen-bond acceptors (Lipinski definition) is 8. The average molecular weight is 1180 g/mol.